The lowest BCUT2D eigenvalue weighted by molar-refractivity contribution is -0.114. The Hall–Kier alpha value is -2.40. The zero-order chi connectivity index (χ0) is 14.1. The average molecular weight is 287 g/mol. The summed E-state index contributed by atoms with van der Waals surface area (Å²) in [6.07, 6.45) is 3.42. The van der Waals surface area contributed by atoms with Gasteiger partial charge in [-0.15, -0.1) is 0 Å². The molecule has 20 heavy (non-hydrogen) atoms. The van der Waals surface area contributed by atoms with E-state index in [0.717, 1.165) is 22.3 Å². The van der Waals surface area contributed by atoms with Crippen molar-refractivity contribution in [1.82, 2.24) is 15.0 Å². The highest BCUT2D eigenvalue weighted by Crippen LogP contribution is 2.26. The minimum atomic E-state index is -0.156. The van der Waals surface area contributed by atoms with Gasteiger partial charge in [0.05, 0.1) is 10.7 Å². The van der Waals surface area contributed by atoms with E-state index in [9.17, 15) is 4.79 Å². The summed E-state index contributed by atoms with van der Waals surface area (Å²) in [7, 11) is 0. The minimum absolute atomic E-state index is 0.156. The van der Waals surface area contributed by atoms with Gasteiger partial charge in [-0.1, -0.05) is 17.7 Å². The molecule has 0 atom stereocenters. The molecule has 1 amide bonds. The molecule has 0 fully saturated rings. The molecule has 0 aliphatic carbocycles. The second kappa shape index (κ2) is 4.94. The van der Waals surface area contributed by atoms with Gasteiger partial charge < -0.3 is 10.3 Å². The Kier molecular flexibility index (Phi) is 3.12. The highest BCUT2D eigenvalue weighted by atomic mass is 35.5. The van der Waals surface area contributed by atoms with Crippen LogP contribution in [-0.2, 0) is 4.79 Å². The quantitative estimate of drug-likeness (QED) is 0.760. The van der Waals surface area contributed by atoms with Gasteiger partial charge >= 0.3 is 0 Å². The maximum atomic E-state index is 11.1. The van der Waals surface area contributed by atoms with Crippen LogP contribution in [-0.4, -0.2) is 20.9 Å². The molecule has 3 aromatic rings. The molecule has 2 N–H and O–H groups in total. The first-order valence-corrected chi connectivity index (χ1v) is 6.39. The fraction of sp³-hybridized carbons (Fsp3) is 0.0714. The molecule has 0 unspecified atom stereocenters. The maximum Gasteiger partial charge on any atom is 0.222 e. The van der Waals surface area contributed by atoms with E-state index >= 15 is 0 Å². The summed E-state index contributed by atoms with van der Waals surface area (Å²) in [5.41, 5.74) is 2.30. The van der Waals surface area contributed by atoms with Crippen molar-refractivity contribution in [2.75, 3.05) is 5.32 Å². The number of H-pyrrole nitrogens is 1. The fourth-order valence-electron chi connectivity index (χ4n) is 1.96. The van der Waals surface area contributed by atoms with Crippen molar-refractivity contribution < 1.29 is 4.79 Å². The van der Waals surface area contributed by atoms with Gasteiger partial charge in [-0.05, 0) is 18.2 Å². The van der Waals surface area contributed by atoms with Crippen LogP contribution in [0.4, 0.5) is 5.82 Å². The number of hydrogen-bond donors (Lipinski definition) is 2. The summed E-state index contributed by atoms with van der Waals surface area (Å²) in [5.74, 6) is 0.354. The molecule has 0 saturated carbocycles. The normalized spacial score (nSPS) is 10.7. The fourth-order valence-corrected chi connectivity index (χ4v) is 2.16. The first-order chi connectivity index (χ1) is 9.63. The van der Waals surface area contributed by atoms with Crippen LogP contribution in [0, 0.1) is 0 Å². The third-order valence-electron chi connectivity index (χ3n) is 2.83. The van der Waals surface area contributed by atoms with Crippen molar-refractivity contribution in [2.45, 2.75) is 6.92 Å². The van der Waals surface area contributed by atoms with Gasteiger partial charge in [-0.2, -0.15) is 0 Å². The van der Waals surface area contributed by atoms with Gasteiger partial charge in [-0.3, -0.25) is 4.79 Å². The monoisotopic (exact) mass is 286 g/mol. The Balaban J connectivity index is 2.05. The summed E-state index contributed by atoms with van der Waals surface area (Å²) < 4.78 is 0. The molecule has 0 aliphatic heterocycles. The predicted octanol–water partition coefficient (Wildman–Crippen LogP) is 3.24. The number of aromatic amines is 1. The van der Waals surface area contributed by atoms with Crippen LogP contribution in [0.2, 0.25) is 5.02 Å². The van der Waals surface area contributed by atoms with Crippen LogP contribution in [0.3, 0.4) is 0 Å². The molecule has 0 spiro atoms. The lowest BCUT2D eigenvalue weighted by Gasteiger charge is -2.05. The van der Waals surface area contributed by atoms with E-state index in [0.29, 0.717) is 10.8 Å². The number of hydrogen-bond acceptors (Lipinski definition) is 3. The van der Waals surface area contributed by atoms with Crippen LogP contribution in [0.1, 0.15) is 6.92 Å². The van der Waals surface area contributed by atoms with Crippen LogP contribution >= 0.6 is 11.6 Å². The van der Waals surface area contributed by atoms with E-state index in [-0.39, 0.29) is 5.91 Å². The number of nitrogens with zero attached hydrogens (tertiary/aromatic N) is 2. The van der Waals surface area contributed by atoms with Crippen LogP contribution < -0.4 is 5.32 Å². The Morgan fingerprint density at radius 3 is 3.05 bits per heavy atom. The molecule has 0 radical (unpaired) electrons. The Labute approximate surface area is 120 Å². The van der Waals surface area contributed by atoms with Crippen molar-refractivity contribution in [3.63, 3.8) is 0 Å². The third kappa shape index (κ3) is 2.35. The van der Waals surface area contributed by atoms with Crippen molar-refractivity contribution in [1.29, 1.82) is 0 Å². The van der Waals surface area contributed by atoms with Crippen molar-refractivity contribution in [2.24, 2.45) is 0 Å². The van der Waals surface area contributed by atoms with E-state index in [1.54, 1.807) is 18.5 Å². The third-order valence-corrected chi connectivity index (χ3v) is 3.14. The number of rotatable bonds is 2. The molecule has 6 heteroatoms. The molecule has 0 aromatic carbocycles. The smallest absolute Gasteiger partial charge is 0.222 e. The number of halogens is 1. The molecule has 0 saturated heterocycles. The molecule has 3 aromatic heterocycles. The second-order valence-corrected chi connectivity index (χ2v) is 4.75. The van der Waals surface area contributed by atoms with Gasteiger partial charge in [0.25, 0.3) is 0 Å². The number of fused-ring (bicyclic) bond motifs is 1. The topological polar surface area (TPSA) is 70.7 Å². The number of carbonyl (C=O) groups excluding carboxylic acids is 1. The van der Waals surface area contributed by atoms with E-state index < -0.39 is 0 Å². The Morgan fingerprint density at radius 1 is 1.40 bits per heavy atom. The van der Waals surface area contributed by atoms with Crippen molar-refractivity contribution in [3.05, 3.63) is 41.7 Å². The summed E-state index contributed by atoms with van der Waals surface area (Å²) in [6.45, 7) is 1.45. The second-order valence-electron chi connectivity index (χ2n) is 4.35. The highest BCUT2D eigenvalue weighted by molar-refractivity contribution is 6.35. The van der Waals surface area contributed by atoms with Gasteiger partial charge in [0.1, 0.15) is 11.5 Å². The molecular weight excluding hydrogens is 276 g/mol. The maximum absolute atomic E-state index is 11.1. The van der Waals surface area contributed by atoms with Crippen molar-refractivity contribution in [3.8, 4) is 11.3 Å². The molecule has 0 aliphatic rings. The predicted molar refractivity (Wildman–Crippen MR) is 78.6 cm³/mol. The van der Waals surface area contributed by atoms with Crippen LogP contribution in [0.25, 0.3) is 22.3 Å². The summed E-state index contributed by atoms with van der Waals surface area (Å²) in [5, 5.41) is 4.12. The number of aromatic nitrogens is 3. The zero-order valence-electron chi connectivity index (χ0n) is 10.6. The molecule has 3 rings (SSSR count). The van der Waals surface area contributed by atoms with E-state index in [1.165, 1.54) is 6.92 Å². The van der Waals surface area contributed by atoms with Gasteiger partial charge in [0.2, 0.25) is 5.91 Å². The van der Waals surface area contributed by atoms with E-state index in [4.69, 9.17) is 11.6 Å². The lowest BCUT2D eigenvalue weighted by atomic mass is 10.1. The number of amides is 1. The standard InChI is InChI=1S/C14H11ClN4O/c1-8(20)18-13-4-2-3-12(19-13)9-5-10-11(15)7-17-14(10)16-6-9/h2-7H,1H3,(H,16,17)(H,18,19,20). The van der Waals surface area contributed by atoms with Gasteiger partial charge in [-0.25, -0.2) is 9.97 Å². The first kappa shape index (κ1) is 12.6. The Bertz CT molecular complexity index is 797. The largest absolute Gasteiger partial charge is 0.345 e. The van der Waals surface area contributed by atoms with Crippen LogP contribution in [0.15, 0.2) is 36.7 Å². The summed E-state index contributed by atoms with van der Waals surface area (Å²) in [6, 6.07) is 7.34. The minimum Gasteiger partial charge on any atom is -0.345 e. The number of nitrogens with one attached hydrogen (secondary N) is 2. The molecule has 0 bridgehead atoms. The van der Waals surface area contributed by atoms with E-state index in [2.05, 4.69) is 20.3 Å². The summed E-state index contributed by atoms with van der Waals surface area (Å²) in [4.78, 5) is 22.7. The van der Waals surface area contributed by atoms with Gasteiger partial charge in [0, 0.05) is 30.3 Å². The lowest BCUT2D eigenvalue weighted by Crippen LogP contribution is -2.07. The highest BCUT2D eigenvalue weighted by Gasteiger charge is 2.07. The molecule has 100 valence electrons. The number of carbonyl (C=O) groups is 1. The van der Waals surface area contributed by atoms with Gasteiger partial charge in [0.15, 0.2) is 0 Å². The average Bonchev–Trinajstić information content (AvgIpc) is 2.80. The number of pyridine rings is 2. The first-order valence-electron chi connectivity index (χ1n) is 6.01. The summed E-state index contributed by atoms with van der Waals surface area (Å²) >= 11 is 6.08. The molecular formula is C14H11ClN4O. The zero-order valence-corrected chi connectivity index (χ0v) is 11.4. The van der Waals surface area contributed by atoms with Crippen molar-refractivity contribution >= 4 is 34.4 Å². The van der Waals surface area contributed by atoms with Crippen LogP contribution in [0.5, 0.6) is 0 Å². The molecule has 3 heterocycles. The SMILES string of the molecule is CC(=O)Nc1cccc(-c2cnc3[nH]cc(Cl)c3c2)n1. The van der Waals surface area contributed by atoms with E-state index in [1.807, 2.05) is 18.2 Å². The number of anilines is 1. The molecule has 5 nitrogen and oxygen atoms in total. The Morgan fingerprint density at radius 2 is 2.25 bits per heavy atom.